The van der Waals surface area contributed by atoms with Crippen LogP contribution in [0.15, 0.2) is 0 Å². The molecule has 3 nitrogen and oxygen atoms in total. The second kappa shape index (κ2) is 0.767. The third-order valence-corrected chi connectivity index (χ3v) is 3.21. The molecule has 2 N–H and O–H groups in total. The molecule has 0 bridgehead atoms. The SMILES string of the molecule is CP1(O)(O)OS1. The van der Waals surface area contributed by atoms with Crippen LogP contribution >= 0.6 is 18.1 Å². The molecule has 0 aromatic carbocycles. The summed E-state index contributed by atoms with van der Waals surface area (Å²) in [7, 11) is 0. The van der Waals surface area contributed by atoms with Gasteiger partial charge in [-0.2, -0.15) is 0 Å². The molecular weight excluding hydrogens is 123 g/mol. The molecule has 0 aromatic heterocycles. The Balaban J connectivity index is 2.67. The Morgan fingerprint density at radius 2 is 1.83 bits per heavy atom. The van der Waals surface area contributed by atoms with E-state index in [0.29, 0.717) is 0 Å². The van der Waals surface area contributed by atoms with Gasteiger partial charge in [-0.1, -0.05) is 0 Å². The minimum atomic E-state index is -3.38. The van der Waals surface area contributed by atoms with E-state index >= 15 is 0 Å². The van der Waals surface area contributed by atoms with Crippen molar-refractivity contribution in [3.8, 4) is 0 Å². The van der Waals surface area contributed by atoms with Crippen LogP contribution in [0.25, 0.3) is 0 Å². The molecule has 1 aliphatic heterocycles. The third kappa shape index (κ3) is 1.06. The van der Waals surface area contributed by atoms with Crippen molar-refractivity contribution in [3.63, 3.8) is 0 Å². The Morgan fingerprint density at radius 3 is 1.83 bits per heavy atom. The van der Waals surface area contributed by atoms with Crippen LogP contribution in [0.5, 0.6) is 0 Å². The molecule has 0 radical (unpaired) electrons. The molecule has 38 valence electrons. The van der Waals surface area contributed by atoms with E-state index in [0.717, 1.165) is 11.7 Å². The van der Waals surface area contributed by atoms with E-state index < -0.39 is 6.49 Å². The Hall–Kier alpha value is 0.660. The van der Waals surface area contributed by atoms with Crippen molar-refractivity contribution >= 4 is 18.1 Å². The molecular formula is CH5O3PS. The average molecular weight is 128 g/mol. The van der Waals surface area contributed by atoms with Gasteiger partial charge in [0.05, 0.1) is 0 Å². The maximum absolute atomic E-state index is 8.52. The summed E-state index contributed by atoms with van der Waals surface area (Å²) in [5.74, 6) is 0. The number of hydrogen-bond donors (Lipinski definition) is 2. The summed E-state index contributed by atoms with van der Waals surface area (Å²) in [6.07, 6.45) is 0. The van der Waals surface area contributed by atoms with Gasteiger partial charge in [-0.3, -0.25) is 0 Å². The molecule has 0 unspecified atom stereocenters. The Kier molecular flexibility index (Phi) is 0.615. The van der Waals surface area contributed by atoms with Crippen LogP contribution < -0.4 is 0 Å². The molecule has 1 fully saturated rings. The summed E-state index contributed by atoms with van der Waals surface area (Å²) in [5.41, 5.74) is 0. The summed E-state index contributed by atoms with van der Waals surface area (Å²) in [6.45, 7) is -2.08. The normalized spacial score (nSPS) is 42.8. The van der Waals surface area contributed by atoms with E-state index in [-0.39, 0.29) is 0 Å². The molecule has 1 aliphatic rings. The van der Waals surface area contributed by atoms with Gasteiger partial charge in [0.15, 0.2) is 0 Å². The molecule has 1 heterocycles. The minimum absolute atomic E-state index is 0.769. The Bertz CT molecular complexity index is 74.5. The predicted molar refractivity (Wildman–Crippen MR) is 26.0 cm³/mol. The van der Waals surface area contributed by atoms with E-state index in [2.05, 4.69) is 3.97 Å². The number of rotatable bonds is 0. The van der Waals surface area contributed by atoms with Crippen LogP contribution in [-0.2, 0) is 3.97 Å². The van der Waals surface area contributed by atoms with Crippen molar-refractivity contribution < 1.29 is 13.8 Å². The average Bonchev–Trinajstić information content (AvgIpc) is 1.73. The van der Waals surface area contributed by atoms with Gasteiger partial charge < -0.3 is 0 Å². The van der Waals surface area contributed by atoms with Crippen molar-refractivity contribution in [2.45, 2.75) is 0 Å². The van der Waals surface area contributed by atoms with Gasteiger partial charge in [-0.05, 0) is 0 Å². The van der Waals surface area contributed by atoms with Gasteiger partial charge in [0.2, 0.25) is 0 Å². The zero-order valence-electron chi connectivity index (χ0n) is 3.16. The first-order chi connectivity index (χ1) is 2.47. The third-order valence-electron chi connectivity index (χ3n) is 0.357. The van der Waals surface area contributed by atoms with Crippen molar-refractivity contribution in [2.24, 2.45) is 0 Å². The molecule has 0 saturated carbocycles. The van der Waals surface area contributed by atoms with E-state index in [1.165, 1.54) is 6.66 Å². The van der Waals surface area contributed by atoms with Crippen molar-refractivity contribution in [3.05, 3.63) is 0 Å². The standard InChI is InChI=1S/CH5O3PS/c1-5(2,3)4-6-5/h2-3H,1H3. The van der Waals surface area contributed by atoms with E-state index in [1.807, 2.05) is 0 Å². The summed E-state index contributed by atoms with van der Waals surface area (Å²) in [6, 6.07) is 0. The molecule has 0 spiro atoms. The molecule has 5 heteroatoms. The van der Waals surface area contributed by atoms with Crippen LogP contribution in [0.2, 0.25) is 0 Å². The Labute approximate surface area is 39.4 Å². The first-order valence-electron chi connectivity index (χ1n) is 1.38. The van der Waals surface area contributed by atoms with Crippen LogP contribution in [0.1, 0.15) is 0 Å². The quantitative estimate of drug-likeness (QED) is 0.283. The topological polar surface area (TPSA) is 53.0 Å². The zero-order valence-corrected chi connectivity index (χ0v) is 4.87. The fourth-order valence-corrected chi connectivity index (χ4v) is 1.70. The zero-order chi connectivity index (χ0) is 4.86. The van der Waals surface area contributed by atoms with E-state index in [4.69, 9.17) is 9.79 Å². The first-order valence-corrected chi connectivity index (χ1v) is 5.23. The number of hydrogen-bond acceptors (Lipinski definition) is 4. The van der Waals surface area contributed by atoms with Gasteiger partial charge in [-0.25, -0.2) is 0 Å². The molecule has 0 atom stereocenters. The maximum atomic E-state index is 8.52. The van der Waals surface area contributed by atoms with Crippen molar-refractivity contribution in [1.29, 1.82) is 0 Å². The van der Waals surface area contributed by atoms with Gasteiger partial charge in [-0.15, -0.1) is 0 Å². The van der Waals surface area contributed by atoms with Crippen LogP contribution in [0.3, 0.4) is 0 Å². The summed E-state index contributed by atoms with van der Waals surface area (Å²) >= 11 is 0.769. The second-order valence-electron chi connectivity index (χ2n) is 1.40. The Morgan fingerprint density at radius 1 is 1.67 bits per heavy atom. The summed E-state index contributed by atoms with van der Waals surface area (Å²) in [4.78, 5) is 17.0. The molecule has 6 heavy (non-hydrogen) atoms. The van der Waals surface area contributed by atoms with Crippen molar-refractivity contribution in [2.75, 3.05) is 6.66 Å². The summed E-state index contributed by atoms with van der Waals surface area (Å²) in [5, 5.41) is 0. The van der Waals surface area contributed by atoms with Gasteiger partial charge >= 0.3 is 38.6 Å². The molecule has 1 rings (SSSR count). The first kappa shape index (κ1) is 4.81. The van der Waals surface area contributed by atoms with Gasteiger partial charge in [0, 0.05) is 0 Å². The summed E-state index contributed by atoms with van der Waals surface area (Å²) < 4.78 is 4.24. The monoisotopic (exact) mass is 128 g/mol. The van der Waals surface area contributed by atoms with Crippen molar-refractivity contribution in [1.82, 2.24) is 0 Å². The van der Waals surface area contributed by atoms with Crippen LogP contribution in [-0.4, -0.2) is 16.5 Å². The van der Waals surface area contributed by atoms with Crippen LogP contribution in [0.4, 0.5) is 0 Å². The second-order valence-corrected chi connectivity index (χ2v) is 7.63. The predicted octanol–water partition coefficient (Wildman–Crippen LogP) is 0.492. The molecule has 0 amide bonds. The fourth-order valence-electron chi connectivity index (χ4n) is 0.0631. The van der Waals surface area contributed by atoms with Gasteiger partial charge in [0.1, 0.15) is 0 Å². The van der Waals surface area contributed by atoms with E-state index in [1.54, 1.807) is 0 Å². The fraction of sp³-hybridized carbons (Fsp3) is 1.00. The van der Waals surface area contributed by atoms with E-state index in [9.17, 15) is 0 Å². The molecule has 0 aliphatic carbocycles. The van der Waals surface area contributed by atoms with Gasteiger partial charge in [0.25, 0.3) is 0 Å². The molecule has 1 saturated heterocycles. The molecule has 0 aromatic rings. The van der Waals surface area contributed by atoms with Crippen LogP contribution in [0, 0.1) is 0 Å².